The lowest BCUT2D eigenvalue weighted by atomic mass is 9.89. The molecule has 0 bridgehead atoms. The third-order valence-corrected chi connectivity index (χ3v) is 4.79. The Morgan fingerprint density at radius 3 is 2.52 bits per heavy atom. The smallest absolute Gasteiger partial charge is 0.303 e. The fourth-order valence-corrected chi connectivity index (χ4v) is 3.29. The van der Waals surface area contributed by atoms with Crippen molar-refractivity contribution in [3.05, 3.63) is 48.6 Å². The van der Waals surface area contributed by atoms with E-state index in [0.29, 0.717) is 25.7 Å². The molecular formula is C22H34O5. The Bertz CT molecular complexity index is 535. The molecule has 0 saturated heterocycles. The van der Waals surface area contributed by atoms with Crippen LogP contribution in [-0.2, 0) is 4.79 Å². The van der Waals surface area contributed by atoms with Crippen LogP contribution in [0.4, 0.5) is 0 Å². The predicted molar refractivity (Wildman–Crippen MR) is 107 cm³/mol. The normalized spacial score (nSPS) is 27.6. The van der Waals surface area contributed by atoms with Crippen LogP contribution in [0.15, 0.2) is 48.6 Å². The molecule has 1 rings (SSSR count). The average Bonchev–Trinajstić information content (AvgIpc) is 2.88. The van der Waals surface area contributed by atoms with E-state index in [4.69, 9.17) is 5.11 Å². The summed E-state index contributed by atoms with van der Waals surface area (Å²) in [6.45, 7) is 2.06. The number of allylic oxidation sites excluding steroid dienone is 5. The minimum Gasteiger partial charge on any atom is -0.481 e. The fraction of sp³-hybridized carbons (Fsp3) is 0.591. The largest absolute Gasteiger partial charge is 0.481 e. The summed E-state index contributed by atoms with van der Waals surface area (Å²) < 4.78 is 0. The Balaban J connectivity index is 2.39. The van der Waals surface area contributed by atoms with Crippen LogP contribution in [-0.4, -0.2) is 44.7 Å². The SMILES string of the molecule is CC/C=C\C[C@@H]1[C@H](/C=C/[C@H](O)C/C=C\C/C=C\CCC(=O)O)[C@H](O)C[C@@H]1O. The van der Waals surface area contributed by atoms with Crippen molar-refractivity contribution in [2.45, 2.75) is 70.2 Å². The molecule has 0 aromatic rings. The minimum absolute atomic E-state index is 0.0160. The molecule has 27 heavy (non-hydrogen) atoms. The summed E-state index contributed by atoms with van der Waals surface area (Å²) in [6, 6.07) is 0. The number of carbonyl (C=O) groups is 1. The van der Waals surface area contributed by atoms with E-state index >= 15 is 0 Å². The van der Waals surface area contributed by atoms with Crippen molar-refractivity contribution in [1.29, 1.82) is 0 Å². The van der Waals surface area contributed by atoms with Crippen molar-refractivity contribution >= 4 is 5.97 Å². The van der Waals surface area contributed by atoms with Crippen LogP contribution < -0.4 is 0 Å². The van der Waals surface area contributed by atoms with Gasteiger partial charge in [-0.3, -0.25) is 4.79 Å². The number of carboxylic acid groups (broad SMARTS) is 1. The van der Waals surface area contributed by atoms with Gasteiger partial charge >= 0.3 is 5.97 Å². The third-order valence-electron chi connectivity index (χ3n) is 4.79. The van der Waals surface area contributed by atoms with Crippen LogP contribution in [0.25, 0.3) is 0 Å². The van der Waals surface area contributed by atoms with E-state index < -0.39 is 24.3 Å². The quantitative estimate of drug-likeness (QED) is 0.390. The lowest BCUT2D eigenvalue weighted by Crippen LogP contribution is -2.20. The maximum absolute atomic E-state index is 10.4. The maximum atomic E-state index is 10.4. The molecule has 5 heteroatoms. The van der Waals surface area contributed by atoms with Gasteiger partial charge in [-0.25, -0.2) is 0 Å². The first-order chi connectivity index (χ1) is 13.0. The fourth-order valence-electron chi connectivity index (χ4n) is 3.29. The topological polar surface area (TPSA) is 98.0 Å². The average molecular weight is 379 g/mol. The highest BCUT2D eigenvalue weighted by atomic mass is 16.4. The van der Waals surface area contributed by atoms with Gasteiger partial charge in [-0.15, -0.1) is 0 Å². The van der Waals surface area contributed by atoms with Crippen molar-refractivity contribution in [3.8, 4) is 0 Å². The molecule has 0 aromatic heterocycles. The molecule has 0 aliphatic heterocycles. The predicted octanol–water partition coefficient (Wildman–Crippen LogP) is 3.38. The number of carboxylic acids is 1. The summed E-state index contributed by atoms with van der Waals surface area (Å²) in [5.74, 6) is -0.955. The molecule has 5 nitrogen and oxygen atoms in total. The second-order valence-electron chi connectivity index (χ2n) is 7.03. The van der Waals surface area contributed by atoms with Crippen molar-refractivity contribution in [2.24, 2.45) is 11.8 Å². The molecule has 0 aromatic carbocycles. The molecule has 0 heterocycles. The van der Waals surface area contributed by atoms with Gasteiger partial charge in [0.15, 0.2) is 0 Å². The highest BCUT2D eigenvalue weighted by Gasteiger charge is 2.39. The van der Waals surface area contributed by atoms with Gasteiger partial charge in [0.1, 0.15) is 0 Å². The minimum atomic E-state index is -0.798. The van der Waals surface area contributed by atoms with E-state index in [1.807, 2.05) is 30.4 Å². The third kappa shape index (κ3) is 9.70. The molecule has 0 spiro atoms. The summed E-state index contributed by atoms with van der Waals surface area (Å²) in [5.41, 5.74) is 0. The maximum Gasteiger partial charge on any atom is 0.303 e. The molecule has 5 atom stereocenters. The van der Waals surface area contributed by atoms with Gasteiger partial charge in [-0.05, 0) is 38.0 Å². The summed E-state index contributed by atoms with van der Waals surface area (Å²) in [5, 5.41) is 38.9. The van der Waals surface area contributed by atoms with Gasteiger partial charge in [0.2, 0.25) is 0 Å². The van der Waals surface area contributed by atoms with Crippen LogP contribution in [0.5, 0.6) is 0 Å². The Morgan fingerprint density at radius 2 is 1.81 bits per heavy atom. The van der Waals surface area contributed by atoms with Crippen LogP contribution in [0.1, 0.15) is 51.9 Å². The van der Waals surface area contributed by atoms with Crippen molar-refractivity contribution in [2.75, 3.05) is 0 Å². The second-order valence-corrected chi connectivity index (χ2v) is 7.03. The molecule has 1 aliphatic carbocycles. The molecule has 1 saturated carbocycles. The zero-order valence-electron chi connectivity index (χ0n) is 16.2. The zero-order valence-corrected chi connectivity index (χ0v) is 16.2. The van der Waals surface area contributed by atoms with Crippen LogP contribution in [0, 0.1) is 11.8 Å². The van der Waals surface area contributed by atoms with Gasteiger partial charge in [0.05, 0.1) is 18.3 Å². The van der Waals surface area contributed by atoms with E-state index in [-0.39, 0.29) is 18.3 Å². The summed E-state index contributed by atoms with van der Waals surface area (Å²) in [4.78, 5) is 10.4. The number of hydrogen-bond acceptors (Lipinski definition) is 4. The summed E-state index contributed by atoms with van der Waals surface area (Å²) in [7, 11) is 0. The van der Waals surface area contributed by atoms with E-state index in [0.717, 1.165) is 12.8 Å². The molecule has 0 radical (unpaired) electrons. The van der Waals surface area contributed by atoms with E-state index in [1.54, 1.807) is 6.08 Å². The highest BCUT2D eigenvalue weighted by Crippen LogP contribution is 2.36. The second kappa shape index (κ2) is 13.5. The Morgan fingerprint density at radius 1 is 1.07 bits per heavy atom. The van der Waals surface area contributed by atoms with Gasteiger partial charge < -0.3 is 20.4 Å². The van der Waals surface area contributed by atoms with Crippen molar-refractivity contribution in [3.63, 3.8) is 0 Å². The molecule has 152 valence electrons. The number of aliphatic carboxylic acids is 1. The van der Waals surface area contributed by atoms with E-state index in [9.17, 15) is 20.1 Å². The summed E-state index contributed by atoms with van der Waals surface area (Å²) in [6.07, 6.45) is 17.4. The number of rotatable bonds is 12. The molecule has 0 amide bonds. The molecule has 0 unspecified atom stereocenters. The Labute approximate surface area is 162 Å². The summed E-state index contributed by atoms with van der Waals surface area (Å²) >= 11 is 0. The van der Waals surface area contributed by atoms with Gasteiger partial charge in [-0.2, -0.15) is 0 Å². The molecule has 1 fully saturated rings. The first-order valence-corrected chi connectivity index (χ1v) is 9.85. The lowest BCUT2D eigenvalue weighted by molar-refractivity contribution is -0.136. The highest BCUT2D eigenvalue weighted by molar-refractivity contribution is 5.66. The molecule has 4 N–H and O–H groups in total. The molecular weight excluding hydrogens is 344 g/mol. The van der Waals surface area contributed by atoms with E-state index in [1.165, 1.54) is 0 Å². The van der Waals surface area contributed by atoms with Crippen molar-refractivity contribution in [1.82, 2.24) is 0 Å². The number of aliphatic hydroxyl groups excluding tert-OH is 3. The van der Waals surface area contributed by atoms with E-state index in [2.05, 4.69) is 19.1 Å². The van der Waals surface area contributed by atoms with Gasteiger partial charge in [-0.1, -0.05) is 55.5 Å². The zero-order chi connectivity index (χ0) is 20.1. The number of aliphatic hydroxyl groups is 3. The lowest BCUT2D eigenvalue weighted by Gasteiger charge is -2.19. The first kappa shape index (κ1) is 23.3. The van der Waals surface area contributed by atoms with Crippen LogP contribution in [0.2, 0.25) is 0 Å². The Kier molecular flexibility index (Phi) is 11.7. The number of hydrogen-bond donors (Lipinski definition) is 4. The van der Waals surface area contributed by atoms with Crippen LogP contribution >= 0.6 is 0 Å². The van der Waals surface area contributed by atoms with Gasteiger partial charge in [0.25, 0.3) is 0 Å². The van der Waals surface area contributed by atoms with Gasteiger partial charge in [0, 0.05) is 18.8 Å². The standard InChI is InChI=1S/C22H34O5/c1-2-3-8-12-18-19(21(25)16-20(18)24)15-14-17(23)11-9-6-4-5-7-10-13-22(26)27/h3,5-9,14-15,17-21,23-25H,2,4,10-13,16H2,1H3,(H,26,27)/b7-5-,8-3-,9-6-,15-14+/t17-,18-,19+,20+,21-/m1/s1. The van der Waals surface area contributed by atoms with Crippen LogP contribution in [0.3, 0.4) is 0 Å². The first-order valence-electron chi connectivity index (χ1n) is 9.85. The van der Waals surface area contributed by atoms with Crippen molar-refractivity contribution < 1.29 is 25.2 Å². The monoisotopic (exact) mass is 378 g/mol. The molecule has 1 aliphatic rings. The Hall–Kier alpha value is -1.69.